The van der Waals surface area contributed by atoms with Gasteiger partial charge in [0, 0.05) is 22.2 Å². The van der Waals surface area contributed by atoms with Gasteiger partial charge in [-0.2, -0.15) is 0 Å². The van der Waals surface area contributed by atoms with Crippen LogP contribution >= 0.6 is 22.6 Å². The van der Waals surface area contributed by atoms with Crippen LogP contribution in [-0.4, -0.2) is 20.9 Å². The Balaban J connectivity index is 1.90. The smallest absolute Gasteiger partial charge is 0.261 e. The second-order valence-electron chi connectivity index (χ2n) is 6.16. The van der Waals surface area contributed by atoms with E-state index in [2.05, 4.69) is 27.3 Å². The fourth-order valence-electron chi connectivity index (χ4n) is 2.95. The molecule has 2 aromatic rings. The summed E-state index contributed by atoms with van der Waals surface area (Å²) in [5.41, 5.74) is 2.99. The van der Waals surface area contributed by atoms with Crippen LogP contribution in [-0.2, 0) is 14.8 Å². The standard InChI is InChI=1S/C18H19IN2O3S/c1-12-10-14(19)5-7-16(12)20-25(23,24)15-6-8-17(13(2)11-15)21-9-3-4-18(21)22/h5-8,10-11,20H,3-4,9H2,1-2H3. The number of hydrogen-bond donors (Lipinski definition) is 1. The van der Waals surface area contributed by atoms with Crippen molar-refractivity contribution in [1.29, 1.82) is 0 Å². The lowest BCUT2D eigenvalue weighted by Crippen LogP contribution is -2.24. The van der Waals surface area contributed by atoms with Crippen LogP contribution in [0.5, 0.6) is 0 Å². The molecular weight excluding hydrogens is 451 g/mol. The lowest BCUT2D eigenvalue weighted by Gasteiger charge is -2.19. The maximum atomic E-state index is 12.7. The minimum atomic E-state index is -3.68. The second kappa shape index (κ2) is 6.95. The predicted molar refractivity (Wildman–Crippen MR) is 107 cm³/mol. The molecule has 0 aliphatic carbocycles. The number of sulfonamides is 1. The number of carbonyl (C=O) groups excluding carboxylic acids is 1. The molecule has 1 saturated heterocycles. The Labute approximate surface area is 161 Å². The Hall–Kier alpha value is -1.61. The Morgan fingerprint density at radius 3 is 2.44 bits per heavy atom. The summed E-state index contributed by atoms with van der Waals surface area (Å²) in [4.78, 5) is 13.8. The summed E-state index contributed by atoms with van der Waals surface area (Å²) in [6, 6.07) is 10.4. The number of halogens is 1. The highest BCUT2D eigenvalue weighted by Gasteiger charge is 2.24. The summed E-state index contributed by atoms with van der Waals surface area (Å²) in [7, 11) is -3.68. The molecule has 1 amide bonds. The van der Waals surface area contributed by atoms with Crippen molar-refractivity contribution >= 4 is 49.9 Å². The number of nitrogens with one attached hydrogen (secondary N) is 1. The van der Waals surface area contributed by atoms with E-state index in [0.29, 0.717) is 18.7 Å². The first-order valence-corrected chi connectivity index (χ1v) is 10.5. The number of nitrogens with zero attached hydrogens (tertiary/aromatic N) is 1. The van der Waals surface area contributed by atoms with Gasteiger partial charge in [0.25, 0.3) is 10.0 Å². The zero-order valence-corrected chi connectivity index (χ0v) is 17.0. The molecule has 132 valence electrons. The van der Waals surface area contributed by atoms with Gasteiger partial charge in [0.05, 0.1) is 10.6 Å². The third-order valence-corrected chi connectivity index (χ3v) is 6.31. The van der Waals surface area contributed by atoms with Gasteiger partial charge in [-0.05, 0) is 90.4 Å². The van der Waals surface area contributed by atoms with Crippen LogP contribution in [0, 0.1) is 17.4 Å². The highest BCUT2D eigenvalue weighted by atomic mass is 127. The highest BCUT2D eigenvalue weighted by molar-refractivity contribution is 14.1. The lowest BCUT2D eigenvalue weighted by atomic mass is 10.2. The highest BCUT2D eigenvalue weighted by Crippen LogP contribution is 2.28. The van der Waals surface area contributed by atoms with Crippen LogP contribution in [0.25, 0.3) is 0 Å². The Morgan fingerprint density at radius 1 is 1.08 bits per heavy atom. The molecule has 1 fully saturated rings. The summed E-state index contributed by atoms with van der Waals surface area (Å²) < 4.78 is 29.1. The third-order valence-electron chi connectivity index (χ3n) is 4.28. The SMILES string of the molecule is Cc1cc(I)ccc1NS(=O)(=O)c1ccc(N2CCCC2=O)c(C)c1. The van der Waals surface area contributed by atoms with Crippen molar-refractivity contribution in [2.45, 2.75) is 31.6 Å². The normalized spacial score (nSPS) is 14.8. The monoisotopic (exact) mass is 470 g/mol. The summed E-state index contributed by atoms with van der Waals surface area (Å²) in [5.74, 6) is 0.0892. The van der Waals surface area contributed by atoms with E-state index >= 15 is 0 Å². The third kappa shape index (κ3) is 3.82. The van der Waals surface area contributed by atoms with Crippen LogP contribution in [0.2, 0.25) is 0 Å². The number of benzene rings is 2. The van der Waals surface area contributed by atoms with Crippen molar-refractivity contribution in [1.82, 2.24) is 0 Å². The van der Waals surface area contributed by atoms with Gasteiger partial charge < -0.3 is 4.90 Å². The molecule has 1 aliphatic rings. The molecule has 1 N–H and O–H groups in total. The summed E-state index contributed by atoms with van der Waals surface area (Å²) in [6.45, 7) is 4.38. The van der Waals surface area contributed by atoms with Crippen molar-refractivity contribution < 1.29 is 13.2 Å². The lowest BCUT2D eigenvalue weighted by molar-refractivity contribution is -0.117. The van der Waals surface area contributed by atoms with E-state index in [9.17, 15) is 13.2 Å². The molecule has 0 spiro atoms. The van der Waals surface area contributed by atoms with Crippen LogP contribution in [0.15, 0.2) is 41.3 Å². The quantitative estimate of drug-likeness (QED) is 0.691. The molecule has 1 aliphatic heterocycles. The van der Waals surface area contributed by atoms with E-state index in [0.717, 1.165) is 26.8 Å². The van der Waals surface area contributed by atoms with Gasteiger partial charge in [0.1, 0.15) is 0 Å². The molecule has 3 rings (SSSR count). The molecule has 7 heteroatoms. The number of aryl methyl sites for hydroxylation is 2. The number of anilines is 2. The van der Waals surface area contributed by atoms with Crippen LogP contribution < -0.4 is 9.62 Å². The average Bonchev–Trinajstić information content (AvgIpc) is 2.96. The summed E-state index contributed by atoms with van der Waals surface area (Å²) >= 11 is 2.19. The van der Waals surface area contributed by atoms with Crippen molar-refractivity contribution in [3.05, 3.63) is 51.1 Å². The molecule has 0 saturated carbocycles. The van der Waals surface area contributed by atoms with Gasteiger partial charge in [-0.1, -0.05) is 0 Å². The van der Waals surface area contributed by atoms with Crippen molar-refractivity contribution in [3.8, 4) is 0 Å². The average molecular weight is 470 g/mol. The molecule has 5 nitrogen and oxygen atoms in total. The van der Waals surface area contributed by atoms with Crippen molar-refractivity contribution in [2.24, 2.45) is 0 Å². The largest absolute Gasteiger partial charge is 0.312 e. The number of carbonyl (C=O) groups is 1. The summed E-state index contributed by atoms with van der Waals surface area (Å²) in [6.07, 6.45) is 1.39. The fourth-order valence-corrected chi connectivity index (χ4v) is 4.81. The van der Waals surface area contributed by atoms with E-state index in [-0.39, 0.29) is 10.8 Å². The maximum absolute atomic E-state index is 12.7. The first-order valence-electron chi connectivity index (χ1n) is 7.98. The van der Waals surface area contributed by atoms with E-state index in [1.807, 2.05) is 26.0 Å². The minimum Gasteiger partial charge on any atom is -0.312 e. The molecule has 25 heavy (non-hydrogen) atoms. The molecule has 0 aromatic heterocycles. The van der Waals surface area contributed by atoms with Crippen LogP contribution in [0.3, 0.4) is 0 Å². The van der Waals surface area contributed by atoms with Crippen LogP contribution in [0.1, 0.15) is 24.0 Å². The molecule has 0 bridgehead atoms. The number of rotatable bonds is 4. The summed E-state index contributed by atoms with van der Waals surface area (Å²) in [5, 5.41) is 0. The van der Waals surface area contributed by atoms with Crippen molar-refractivity contribution in [3.63, 3.8) is 0 Å². The molecule has 2 aromatic carbocycles. The number of hydrogen-bond acceptors (Lipinski definition) is 3. The van der Waals surface area contributed by atoms with Gasteiger partial charge in [-0.25, -0.2) is 8.42 Å². The first kappa shape index (κ1) is 18.2. The predicted octanol–water partition coefficient (Wildman–Crippen LogP) is 3.84. The molecule has 0 atom stereocenters. The maximum Gasteiger partial charge on any atom is 0.261 e. The minimum absolute atomic E-state index is 0.0892. The van der Waals surface area contributed by atoms with Gasteiger partial charge in [0.2, 0.25) is 5.91 Å². The molecule has 0 radical (unpaired) electrons. The first-order chi connectivity index (χ1) is 11.8. The van der Waals surface area contributed by atoms with E-state index in [4.69, 9.17) is 0 Å². The zero-order chi connectivity index (χ0) is 18.2. The van der Waals surface area contributed by atoms with Gasteiger partial charge in [0.15, 0.2) is 0 Å². The Kier molecular flexibility index (Phi) is 5.06. The van der Waals surface area contributed by atoms with Crippen LogP contribution in [0.4, 0.5) is 11.4 Å². The second-order valence-corrected chi connectivity index (χ2v) is 9.09. The van der Waals surface area contributed by atoms with Gasteiger partial charge in [-0.15, -0.1) is 0 Å². The molecule has 0 unspecified atom stereocenters. The Morgan fingerprint density at radius 2 is 1.84 bits per heavy atom. The molecular formula is C18H19IN2O3S. The van der Waals surface area contributed by atoms with Gasteiger partial charge in [-0.3, -0.25) is 9.52 Å². The Bertz CT molecular complexity index is 941. The molecule has 1 heterocycles. The zero-order valence-electron chi connectivity index (χ0n) is 14.0. The van der Waals surface area contributed by atoms with Gasteiger partial charge >= 0.3 is 0 Å². The van der Waals surface area contributed by atoms with E-state index in [1.54, 1.807) is 29.2 Å². The van der Waals surface area contributed by atoms with E-state index in [1.165, 1.54) is 0 Å². The van der Waals surface area contributed by atoms with E-state index < -0.39 is 10.0 Å². The van der Waals surface area contributed by atoms with Crippen molar-refractivity contribution in [2.75, 3.05) is 16.2 Å². The number of amides is 1. The topological polar surface area (TPSA) is 66.5 Å². The fraction of sp³-hybridized carbons (Fsp3) is 0.278.